The van der Waals surface area contributed by atoms with Gasteiger partial charge in [-0.25, -0.2) is 4.39 Å². The minimum Gasteiger partial charge on any atom is -0.378 e. The zero-order valence-corrected chi connectivity index (χ0v) is 13.0. The number of halogens is 4. The molecule has 0 unspecified atom stereocenters. The molecule has 8 heteroatoms. The molecular weight excluding hydrogens is 328 g/mol. The quantitative estimate of drug-likeness (QED) is 0.786. The van der Waals surface area contributed by atoms with Crippen molar-refractivity contribution in [1.29, 1.82) is 0 Å². The van der Waals surface area contributed by atoms with Crippen LogP contribution in [0.5, 0.6) is 0 Å². The molecule has 0 spiro atoms. The van der Waals surface area contributed by atoms with Gasteiger partial charge in [0.05, 0.1) is 18.9 Å². The van der Waals surface area contributed by atoms with E-state index in [-0.39, 0.29) is 5.56 Å². The van der Waals surface area contributed by atoms with Crippen molar-refractivity contribution in [2.24, 2.45) is 0 Å². The molecule has 132 valence electrons. The van der Waals surface area contributed by atoms with Crippen molar-refractivity contribution >= 4 is 11.6 Å². The molecule has 1 saturated carbocycles. The van der Waals surface area contributed by atoms with E-state index in [1.807, 2.05) is 0 Å². The van der Waals surface area contributed by atoms with Gasteiger partial charge in [-0.2, -0.15) is 13.2 Å². The molecule has 0 aromatic heterocycles. The van der Waals surface area contributed by atoms with Gasteiger partial charge in [0.2, 0.25) is 0 Å². The minimum atomic E-state index is -4.47. The summed E-state index contributed by atoms with van der Waals surface area (Å²) >= 11 is 0. The highest BCUT2D eigenvalue weighted by Gasteiger charge is 2.41. The number of benzene rings is 1. The Kier molecular flexibility index (Phi) is 4.67. The Bertz CT molecular complexity index is 611. The summed E-state index contributed by atoms with van der Waals surface area (Å²) in [5.41, 5.74) is 0.282. The number of carbonyl (C=O) groups is 1. The molecule has 0 radical (unpaired) electrons. The SMILES string of the molecule is O=C(c1ccc(N2CCOCC2)c(F)c1)N(CC(F)(F)F)C1CC1. The lowest BCUT2D eigenvalue weighted by atomic mass is 10.1. The van der Waals surface area contributed by atoms with Crippen LogP contribution in [0.2, 0.25) is 0 Å². The third-order valence-corrected chi connectivity index (χ3v) is 4.14. The fraction of sp³-hybridized carbons (Fsp3) is 0.562. The normalized spacial score (nSPS) is 18.6. The van der Waals surface area contributed by atoms with E-state index >= 15 is 0 Å². The first-order chi connectivity index (χ1) is 11.3. The van der Waals surface area contributed by atoms with Crippen LogP contribution in [0.15, 0.2) is 18.2 Å². The lowest BCUT2D eigenvalue weighted by molar-refractivity contribution is -0.141. The zero-order valence-electron chi connectivity index (χ0n) is 13.0. The summed E-state index contributed by atoms with van der Waals surface area (Å²) in [4.78, 5) is 15.0. The van der Waals surface area contributed by atoms with Crippen LogP contribution in [0, 0.1) is 5.82 Å². The number of rotatable bonds is 4. The molecule has 24 heavy (non-hydrogen) atoms. The average molecular weight is 346 g/mol. The van der Waals surface area contributed by atoms with Crippen LogP contribution in [0.3, 0.4) is 0 Å². The van der Waals surface area contributed by atoms with Gasteiger partial charge in [-0.15, -0.1) is 0 Å². The highest BCUT2D eigenvalue weighted by atomic mass is 19.4. The van der Waals surface area contributed by atoms with E-state index in [0.717, 1.165) is 11.0 Å². The first-order valence-electron chi connectivity index (χ1n) is 7.85. The zero-order chi connectivity index (χ0) is 17.3. The van der Waals surface area contributed by atoms with Crippen LogP contribution < -0.4 is 4.90 Å². The lowest BCUT2D eigenvalue weighted by Gasteiger charge is -2.29. The summed E-state index contributed by atoms with van der Waals surface area (Å²) < 4.78 is 57.5. The van der Waals surface area contributed by atoms with Gasteiger partial charge in [-0.05, 0) is 31.0 Å². The number of amides is 1. The van der Waals surface area contributed by atoms with Gasteiger partial charge in [0.15, 0.2) is 0 Å². The van der Waals surface area contributed by atoms with Crippen molar-refractivity contribution in [3.8, 4) is 0 Å². The summed E-state index contributed by atoms with van der Waals surface area (Å²) in [6.45, 7) is 0.741. The second-order valence-electron chi connectivity index (χ2n) is 6.05. The first kappa shape index (κ1) is 17.0. The number of alkyl halides is 3. The van der Waals surface area contributed by atoms with Gasteiger partial charge in [0.1, 0.15) is 12.4 Å². The Morgan fingerprint density at radius 1 is 1.25 bits per heavy atom. The summed E-state index contributed by atoms with van der Waals surface area (Å²) in [7, 11) is 0. The van der Waals surface area contributed by atoms with Crippen molar-refractivity contribution in [2.45, 2.75) is 25.1 Å². The third kappa shape index (κ3) is 3.98. The molecule has 3 rings (SSSR count). The van der Waals surface area contributed by atoms with Gasteiger partial charge in [-0.3, -0.25) is 4.79 Å². The van der Waals surface area contributed by atoms with E-state index in [4.69, 9.17) is 4.74 Å². The molecule has 1 aromatic carbocycles. The number of carbonyl (C=O) groups excluding carboxylic acids is 1. The Morgan fingerprint density at radius 2 is 1.92 bits per heavy atom. The number of morpholine rings is 1. The van der Waals surface area contributed by atoms with Gasteiger partial charge in [-0.1, -0.05) is 0 Å². The molecule has 1 aliphatic heterocycles. The Balaban J connectivity index is 1.78. The summed E-state index contributed by atoms with van der Waals surface area (Å²) in [6.07, 6.45) is -3.36. The maximum Gasteiger partial charge on any atom is 0.406 e. The Labute approximate surface area is 137 Å². The lowest BCUT2D eigenvalue weighted by Crippen LogP contribution is -2.40. The molecule has 2 fully saturated rings. The van der Waals surface area contributed by atoms with Crippen molar-refractivity contribution in [3.63, 3.8) is 0 Å². The molecule has 0 atom stereocenters. The summed E-state index contributed by atoms with van der Waals surface area (Å²) in [5, 5.41) is 0. The highest BCUT2D eigenvalue weighted by Crippen LogP contribution is 2.32. The molecule has 2 aliphatic rings. The standard InChI is InChI=1S/C16H18F4N2O2/c17-13-9-11(1-4-14(13)21-5-7-24-8-6-21)15(23)22(12-2-3-12)10-16(18,19)20/h1,4,9,12H,2-3,5-8,10H2. The van der Waals surface area contributed by atoms with E-state index < -0.39 is 30.5 Å². The van der Waals surface area contributed by atoms with Gasteiger partial charge in [0.25, 0.3) is 5.91 Å². The van der Waals surface area contributed by atoms with Crippen LogP contribution in [0.4, 0.5) is 23.2 Å². The smallest absolute Gasteiger partial charge is 0.378 e. The van der Waals surface area contributed by atoms with E-state index in [9.17, 15) is 22.4 Å². The second-order valence-corrected chi connectivity index (χ2v) is 6.05. The Hall–Kier alpha value is -1.83. The molecule has 4 nitrogen and oxygen atoms in total. The number of ether oxygens (including phenoxy) is 1. The van der Waals surface area contributed by atoms with Crippen LogP contribution in [-0.4, -0.2) is 55.9 Å². The van der Waals surface area contributed by atoms with Crippen molar-refractivity contribution in [3.05, 3.63) is 29.6 Å². The maximum atomic E-state index is 14.3. The van der Waals surface area contributed by atoms with Crippen LogP contribution >= 0.6 is 0 Å². The summed E-state index contributed by atoms with van der Waals surface area (Å²) in [5.74, 6) is -1.38. The van der Waals surface area contributed by atoms with Crippen LogP contribution in [0.25, 0.3) is 0 Å². The molecule has 0 N–H and O–H groups in total. The molecule has 1 saturated heterocycles. The summed E-state index contributed by atoms with van der Waals surface area (Å²) in [6, 6.07) is 3.47. The van der Waals surface area contributed by atoms with Gasteiger partial charge < -0.3 is 14.5 Å². The number of nitrogens with zero attached hydrogens (tertiary/aromatic N) is 2. The maximum absolute atomic E-state index is 14.3. The molecule has 1 heterocycles. The van der Waals surface area contributed by atoms with Crippen LogP contribution in [-0.2, 0) is 4.74 Å². The molecule has 0 bridgehead atoms. The number of hydrogen-bond acceptors (Lipinski definition) is 3. The van der Waals surface area contributed by atoms with Crippen LogP contribution in [0.1, 0.15) is 23.2 Å². The van der Waals surface area contributed by atoms with E-state index in [1.54, 1.807) is 4.90 Å². The highest BCUT2D eigenvalue weighted by molar-refractivity contribution is 5.95. The fourth-order valence-corrected chi connectivity index (χ4v) is 2.81. The predicted molar refractivity (Wildman–Crippen MR) is 79.5 cm³/mol. The van der Waals surface area contributed by atoms with Gasteiger partial charge >= 0.3 is 6.18 Å². The fourth-order valence-electron chi connectivity index (χ4n) is 2.81. The largest absolute Gasteiger partial charge is 0.406 e. The topological polar surface area (TPSA) is 32.8 Å². The second kappa shape index (κ2) is 6.58. The molecule has 1 aliphatic carbocycles. The van der Waals surface area contributed by atoms with Crippen molar-refractivity contribution in [2.75, 3.05) is 37.7 Å². The molecule has 1 amide bonds. The van der Waals surface area contributed by atoms with E-state index in [2.05, 4.69) is 0 Å². The minimum absolute atomic E-state index is 0.0549. The predicted octanol–water partition coefficient (Wildman–Crippen LogP) is 2.83. The van der Waals surface area contributed by atoms with Crippen molar-refractivity contribution in [1.82, 2.24) is 4.90 Å². The molecule has 1 aromatic rings. The van der Waals surface area contributed by atoms with Gasteiger partial charge in [0, 0.05) is 24.7 Å². The van der Waals surface area contributed by atoms with E-state index in [1.165, 1.54) is 12.1 Å². The first-order valence-corrected chi connectivity index (χ1v) is 7.85. The average Bonchev–Trinajstić information content (AvgIpc) is 3.36. The monoisotopic (exact) mass is 346 g/mol. The number of anilines is 1. The molecular formula is C16H18F4N2O2. The third-order valence-electron chi connectivity index (χ3n) is 4.14. The van der Waals surface area contributed by atoms with E-state index in [0.29, 0.717) is 44.8 Å². The number of hydrogen-bond donors (Lipinski definition) is 0. The Morgan fingerprint density at radius 3 is 2.46 bits per heavy atom. The van der Waals surface area contributed by atoms with Crippen molar-refractivity contribution < 1.29 is 27.1 Å².